The fourth-order valence-corrected chi connectivity index (χ4v) is 2.41. The lowest BCUT2D eigenvalue weighted by atomic mass is 10.1. The SMILES string of the molecule is CC1Nc2ccc(C3=NCC(C)N3C)cc2NC1=O. The molecule has 2 heterocycles. The molecule has 0 aliphatic carbocycles. The average molecular weight is 258 g/mol. The first-order valence-corrected chi connectivity index (χ1v) is 6.55. The highest BCUT2D eigenvalue weighted by Gasteiger charge is 2.25. The third-order valence-electron chi connectivity index (χ3n) is 3.80. The lowest BCUT2D eigenvalue weighted by molar-refractivity contribution is -0.116. The highest BCUT2D eigenvalue weighted by atomic mass is 16.2. The maximum Gasteiger partial charge on any atom is 0.246 e. The molecule has 5 nitrogen and oxygen atoms in total. The van der Waals surface area contributed by atoms with E-state index in [-0.39, 0.29) is 11.9 Å². The molecule has 19 heavy (non-hydrogen) atoms. The molecule has 3 rings (SSSR count). The van der Waals surface area contributed by atoms with Gasteiger partial charge in [0.2, 0.25) is 5.91 Å². The fourth-order valence-electron chi connectivity index (χ4n) is 2.41. The summed E-state index contributed by atoms with van der Waals surface area (Å²) in [7, 11) is 2.05. The van der Waals surface area contributed by atoms with Crippen molar-refractivity contribution in [1.82, 2.24) is 4.90 Å². The molecule has 2 N–H and O–H groups in total. The number of nitrogens with zero attached hydrogens (tertiary/aromatic N) is 2. The highest BCUT2D eigenvalue weighted by Crippen LogP contribution is 2.29. The highest BCUT2D eigenvalue weighted by molar-refractivity contribution is 6.06. The van der Waals surface area contributed by atoms with E-state index in [1.54, 1.807) is 0 Å². The number of benzene rings is 1. The van der Waals surface area contributed by atoms with E-state index in [4.69, 9.17) is 0 Å². The number of amides is 1. The van der Waals surface area contributed by atoms with Crippen LogP contribution in [0.15, 0.2) is 23.2 Å². The minimum absolute atomic E-state index is 0.000247. The zero-order valence-corrected chi connectivity index (χ0v) is 11.4. The Morgan fingerprint density at radius 1 is 1.32 bits per heavy atom. The topological polar surface area (TPSA) is 56.7 Å². The standard InChI is InChI=1S/C14H18N4O/c1-8-7-15-13(18(8)3)10-4-5-11-12(6-10)17-14(19)9(2)16-11/h4-6,8-9,16H,7H2,1-3H3,(H,17,19). The van der Waals surface area contributed by atoms with Gasteiger partial charge in [-0.15, -0.1) is 0 Å². The maximum atomic E-state index is 11.7. The number of carbonyl (C=O) groups excluding carboxylic acids is 1. The number of amidine groups is 1. The first-order chi connectivity index (χ1) is 9.06. The van der Waals surface area contributed by atoms with Crippen LogP contribution in [-0.4, -0.2) is 42.3 Å². The second-order valence-electron chi connectivity index (χ2n) is 5.24. The van der Waals surface area contributed by atoms with Crippen LogP contribution < -0.4 is 10.6 Å². The molecule has 5 heteroatoms. The second-order valence-corrected chi connectivity index (χ2v) is 5.24. The van der Waals surface area contributed by atoms with Crippen LogP contribution in [0.3, 0.4) is 0 Å². The molecule has 0 bridgehead atoms. The summed E-state index contributed by atoms with van der Waals surface area (Å²) < 4.78 is 0. The van der Waals surface area contributed by atoms with E-state index in [9.17, 15) is 4.79 Å². The third-order valence-corrected chi connectivity index (χ3v) is 3.80. The second kappa shape index (κ2) is 4.26. The van der Waals surface area contributed by atoms with Gasteiger partial charge in [0.05, 0.1) is 17.9 Å². The summed E-state index contributed by atoms with van der Waals surface area (Å²) in [5, 5.41) is 6.11. The molecule has 1 aromatic carbocycles. The van der Waals surface area contributed by atoms with E-state index in [2.05, 4.69) is 34.5 Å². The van der Waals surface area contributed by atoms with Gasteiger partial charge in [0.15, 0.2) is 0 Å². The van der Waals surface area contributed by atoms with Gasteiger partial charge < -0.3 is 15.5 Å². The van der Waals surface area contributed by atoms with Crippen molar-refractivity contribution in [1.29, 1.82) is 0 Å². The quantitative estimate of drug-likeness (QED) is 0.803. The molecule has 2 aliphatic rings. The van der Waals surface area contributed by atoms with Crippen molar-refractivity contribution in [2.75, 3.05) is 24.2 Å². The van der Waals surface area contributed by atoms with Crippen LogP contribution in [0.1, 0.15) is 19.4 Å². The van der Waals surface area contributed by atoms with Crippen molar-refractivity contribution in [3.8, 4) is 0 Å². The zero-order valence-electron chi connectivity index (χ0n) is 11.4. The molecule has 0 spiro atoms. The third kappa shape index (κ3) is 1.95. The monoisotopic (exact) mass is 258 g/mol. The first-order valence-electron chi connectivity index (χ1n) is 6.55. The van der Waals surface area contributed by atoms with Crippen molar-refractivity contribution in [2.45, 2.75) is 25.9 Å². The summed E-state index contributed by atoms with van der Waals surface area (Å²) in [4.78, 5) is 18.4. The van der Waals surface area contributed by atoms with Crippen LogP contribution in [0.5, 0.6) is 0 Å². The van der Waals surface area contributed by atoms with Crippen LogP contribution in [0, 0.1) is 0 Å². The Labute approximate surface area is 112 Å². The van der Waals surface area contributed by atoms with Gasteiger partial charge in [0.1, 0.15) is 11.9 Å². The number of anilines is 2. The Kier molecular flexibility index (Phi) is 2.69. The number of nitrogens with one attached hydrogen (secondary N) is 2. The van der Waals surface area contributed by atoms with Gasteiger partial charge in [-0.25, -0.2) is 0 Å². The van der Waals surface area contributed by atoms with Gasteiger partial charge in [-0.3, -0.25) is 9.79 Å². The molecule has 0 aromatic heterocycles. The lowest BCUT2D eigenvalue weighted by Crippen LogP contribution is -2.36. The van der Waals surface area contributed by atoms with E-state index in [0.29, 0.717) is 6.04 Å². The predicted molar refractivity (Wildman–Crippen MR) is 76.8 cm³/mol. The van der Waals surface area contributed by atoms with E-state index < -0.39 is 0 Å². The van der Waals surface area contributed by atoms with Gasteiger partial charge in [0.25, 0.3) is 0 Å². The van der Waals surface area contributed by atoms with Crippen LogP contribution in [0.4, 0.5) is 11.4 Å². The van der Waals surface area contributed by atoms with Gasteiger partial charge in [-0.2, -0.15) is 0 Å². The zero-order chi connectivity index (χ0) is 13.6. The van der Waals surface area contributed by atoms with E-state index in [0.717, 1.165) is 29.3 Å². The molecule has 0 radical (unpaired) electrons. The number of hydrogen-bond acceptors (Lipinski definition) is 4. The minimum Gasteiger partial charge on any atom is -0.372 e. The Morgan fingerprint density at radius 2 is 2.11 bits per heavy atom. The molecule has 2 unspecified atom stereocenters. The van der Waals surface area contributed by atoms with Crippen LogP contribution in [0.25, 0.3) is 0 Å². The van der Waals surface area contributed by atoms with Crippen molar-refractivity contribution < 1.29 is 4.79 Å². The molecular formula is C14H18N4O. The predicted octanol–water partition coefficient (Wildman–Crippen LogP) is 1.52. The summed E-state index contributed by atoms with van der Waals surface area (Å²) in [6.45, 7) is 4.83. The summed E-state index contributed by atoms with van der Waals surface area (Å²) in [6, 6.07) is 6.27. The Hall–Kier alpha value is -2.04. The molecule has 0 saturated carbocycles. The number of hydrogen-bond donors (Lipinski definition) is 2. The van der Waals surface area contributed by atoms with Crippen molar-refractivity contribution in [2.24, 2.45) is 4.99 Å². The Balaban J connectivity index is 1.94. The normalized spacial score (nSPS) is 25.5. The van der Waals surface area contributed by atoms with Gasteiger partial charge in [-0.05, 0) is 32.0 Å². The molecule has 100 valence electrons. The van der Waals surface area contributed by atoms with Gasteiger partial charge in [-0.1, -0.05) is 0 Å². The van der Waals surface area contributed by atoms with Crippen molar-refractivity contribution in [3.63, 3.8) is 0 Å². The minimum atomic E-state index is -0.190. The molecule has 1 amide bonds. The molecule has 0 fully saturated rings. The number of rotatable bonds is 1. The largest absolute Gasteiger partial charge is 0.372 e. The smallest absolute Gasteiger partial charge is 0.246 e. The summed E-state index contributed by atoms with van der Waals surface area (Å²) in [5.41, 5.74) is 2.84. The summed E-state index contributed by atoms with van der Waals surface area (Å²) in [5.74, 6) is 0.989. The van der Waals surface area contributed by atoms with E-state index in [1.807, 2.05) is 25.1 Å². The fraction of sp³-hybridized carbons (Fsp3) is 0.429. The van der Waals surface area contributed by atoms with Gasteiger partial charge >= 0.3 is 0 Å². The number of likely N-dealkylation sites (N-methyl/N-ethyl adjacent to an activating group) is 1. The molecule has 2 aliphatic heterocycles. The first kappa shape index (κ1) is 12.0. The Bertz CT molecular complexity index is 567. The average Bonchev–Trinajstić information content (AvgIpc) is 2.71. The lowest BCUT2D eigenvalue weighted by Gasteiger charge is -2.25. The Morgan fingerprint density at radius 3 is 2.79 bits per heavy atom. The van der Waals surface area contributed by atoms with Crippen LogP contribution in [0.2, 0.25) is 0 Å². The summed E-state index contributed by atoms with van der Waals surface area (Å²) >= 11 is 0. The number of aliphatic imine (C=N–C) groups is 1. The number of fused-ring (bicyclic) bond motifs is 1. The van der Waals surface area contributed by atoms with E-state index in [1.165, 1.54) is 0 Å². The molecule has 2 atom stereocenters. The van der Waals surface area contributed by atoms with Crippen molar-refractivity contribution >= 4 is 23.1 Å². The maximum absolute atomic E-state index is 11.7. The van der Waals surface area contributed by atoms with Crippen LogP contribution >= 0.6 is 0 Å². The van der Waals surface area contributed by atoms with E-state index >= 15 is 0 Å². The van der Waals surface area contributed by atoms with Gasteiger partial charge in [0, 0.05) is 18.7 Å². The summed E-state index contributed by atoms with van der Waals surface area (Å²) in [6.07, 6.45) is 0. The molecule has 0 saturated heterocycles. The molecular weight excluding hydrogens is 240 g/mol. The molecule has 1 aromatic rings. The number of carbonyl (C=O) groups is 1. The van der Waals surface area contributed by atoms with Crippen molar-refractivity contribution in [3.05, 3.63) is 23.8 Å². The van der Waals surface area contributed by atoms with Crippen LogP contribution in [-0.2, 0) is 4.79 Å².